The van der Waals surface area contributed by atoms with E-state index in [-0.39, 0.29) is 5.41 Å². The van der Waals surface area contributed by atoms with Crippen LogP contribution in [0.3, 0.4) is 0 Å². The van der Waals surface area contributed by atoms with Crippen molar-refractivity contribution in [3.63, 3.8) is 0 Å². The average Bonchev–Trinajstić information content (AvgIpc) is 2.89. The van der Waals surface area contributed by atoms with Crippen molar-refractivity contribution < 1.29 is 9.47 Å². The molecule has 4 aromatic rings. The van der Waals surface area contributed by atoms with Crippen molar-refractivity contribution in [2.24, 2.45) is 0 Å². The van der Waals surface area contributed by atoms with Crippen LogP contribution in [-0.4, -0.2) is 0 Å². The predicted octanol–water partition coefficient (Wildman–Crippen LogP) is 10.3. The molecule has 0 aliphatic rings. The van der Waals surface area contributed by atoms with Crippen molar-refractivity contribution in [3.8, 4) is 23.0 Å². The maximum Gasteiger partial charge on any atom is 0.134 e. The number of rotatable bonds is 8. The van der Waals surface area contributed by atoms with Crippen molar-refractivity contribution in [3.05, 3.63) is 130 Å². The molecule has 0 unspecified atom stereocenters. The SMILES string of the molecule is C/C=C\c1ccccc1Oc1ccc(C(C)(C)c2ccc(Oc3ccccc3/C=C\C)c(C)c2)cc1C. The van der Waals surface area contributed by atoms with Gasteiger partial charge in [0.2, 0.25) is 0 Å². The summed E-state index contributed by atoms with van der Waals surface area (Å²) in [5.74, 6) is 3.46. The van der Waals surface area contributed by atoms with Gasteiger partial charge in [-0.3, -0.25) is 0 Å². The molecule has 188 valence electrons. The molecule has 37 heavy (non-hydrogen) atoms. The van der Waals surface area contributed by atoms with Crippen LogP contribution in [0.2, 0.25) is 0 Å². The molecule has 0 heterocycles. The molecule has 0 radical (unpaired) electrons. The summed E-state index contributed by atoms with van der Waals surface area (Å²) >= 11 is 0. The fourth-order valence-corrected chi connectivity index (χ4v) is 4.49. The maximum absolute atomic E-state index is 6.31. The first-order chi connectivity index (χ1) is 17.8. The third-order valence-electron chi connectivity index (χ3n) is 6.76. The van der Waals surface area contributed by atoms with E-state index in [0.717, 1.165) is 45.3 Å². The van der Waals surface area contributed by atoms with Gasteiger partial charge in [-0.25, -0.2) is 0 Å². The van der Waals surface area contributed by atoms with Crippen LogP contribution < -0.4 is 9.47 Å². The summed E-state index contributed by atoms with van der Waals surface area (Å²) in [6.45, 7) is 12.8. The molecule has 0 saturated carbocycles. The topological polar surface area (TPSA) is 18.5 Å². The minimum absolute atomic E-state index is 0.182. The Labute approximate surface area is 221 Å². The molecule has 0 spiro atoms. The van der Waals surface area contributed by atoms with E-state index < -0.39 is 0 Å². The minimum atomic E-state index is -0.182. The van der Waals surface area contributed by atoms with E-state index in [0.29, 0.717) is 0 Å². The highest BCUT2D eigenvalue weighted by atomic mass is 16.5. The Hall–Kier alpha value is -4.04. The highest BCUT2D eigenvalue weighted by Crippen LogP contribution is 2.38. The fraction of sp³-hybridized carbons (Fsp3) is 0.200. The number of hydrogen-bond donors (Lipinski definition) is 0. The average molecular weight is 489 g/mol. The van der Waals surface area contributed by atoms with Crippen molar-refractivity contribution in [1.29, 1.82) is 0 Å². The van der Waals surface area contributed by atoms with E-state index in [1.807, 2.05) is 62.4 Å². The van der Waals surface area contributed by atoms with Crippen LogP contribution in [0.4, 0.5) is 0 Å². The molecule has 4 aromatic carbocycles. The van der Waals surface area contributed by atoms with Gasteiger partial charge < -0.3 is 9.47 Å². The predicted molar refractivity (Wildman–Crippen MR) is 157 cm³/mol. The number of benzene rings is 4. The Bertz CT molecular complexity index is 1330. The molecule has 0 amide bonds. The molecule has 0 saturated heterocycles. The summed E-state index contributed by atoms with van der Waals surface area (Å²) in [5, 5.41) is 0. The maximum atomic E-state index is 6.31. The van der Waals surface area contributed by atoms with E-state index in [4.69, 9.17) is 9.47 Å². The van der Waals surface area contributed by atoms with E-state index in [1.54, 1.807) is 0 Å². The van der Waals surface area contributed by atoms with Crippen LogP contribution in [0.1, 0.15) is 61.1 Å². The van der Waals surface area contributed by atoms with Crippen LogP contribution in [0, 0.1) is 13.8 Å². The molecule has 2 nitrogen and oxygen atoms in total. The van der Waals surface area contributed by atoms with Crippen molar-refractivity contribution in [2.75, 3.05) is 0 Å². The molecule has 0 bridgehead atoms. The fourth-order valence-electron chi connectivity index (χ4n) is 4.49. The van der Waals surface area contributed by atoms with Crippen LogP contribution >= 0.6 is 0 Å². The van der Waals surface area contributed by atoms with Gasteiger partial charge in [0.15, 0.2) is 0 Å². The van der Waals surface area contributed by atoms with Gasteiger partial charge in [-0.2, -0.15) is 0 Å². The van der Waals surface area contributed by atoms with E-state index >= 15 is 0 Å². The lowest BCUT2D eigenvalue weighted by atomic mass is 9.77. The van der Waals surface area contributed by atoms with Crippen LogP contribution in [-0.2, 0) is 5.41 Å². The summed E-state index contributed by atoms with van der Waals surface area (Å²) in [6.07, 6.45) is 8.19. The Balaban J connectivity index is 1.58. The third-order valence-corrected chi connectivity index (χ3v) is 6.76. The standard InChI is InChI=1S/C35H36O2/c1-7-13-27-15-9-11-17-33(27)36-31-21-19-29(23-25(31)3)35(5,6)30-20-22-32(26(4)24-30)37-34-18-12-10-16-28(34)14-8-2/h7-24H,1-6H3/b13-7-,14-8-. The van der Waals surface area contributed by atoms with E-state index in [1.165, 1.54) is 11.1 Å². The zero-order valence-corrected chi connectivity index (χ0v) is 22.7. The largest absolute Gasteiger partial charge is 0.456 e. The van der Waals surface area contributed by atoms with Crippen LogP contribution in [0.5, 0.6) is 23.0 Å². The van der Waals surface area contributed by atoms with Gasteiger partial charge in [-0.05, 0) is 74.2 Å². The summed E-state index contributed by atoms with van der Waals surface area (Å²) < 4.78 is 12.6. The molecule has 0 N–H and O–H groups in total. The number of allylic oxidation sites excluding steroid dienone is 2. The van der Waals surface area contributed by atoms with Gasteiger partial charge in [0.05, 0.1) is 0 Å². The van der Waals surface area contributed by atoms with Gasteiger partial charge in [0, 0.05) is 16.5 Å². The van der Waals surface area contributed by atoms with E-state index in [9.17, 15) is 0 Å². The van der Waals surface area contributed by atoms with Crippen LogP contribution in [0.15, 0.2) is 97.1 Å². The monoisotopic (exact) mass is 488 g/mol. The third kappa shape index (κ3) is 5.86. The number of aryl methyl sites for hydroxylation is 2. The van der Waals surface area contributed by atoms with Gasteiger partial charge >= 0.3 is 0 Å². The Morgan fingerprint density at radius 3 is 1.32 bits per heavy atom. The molecule has 0 aliphatic heterocycles. The Morgan fingerprint density at radius 2 is 0.946 bits per heavy atom. The smallest absolute Gasteiger partial charge is 0.134 e. The molecule has 2 heteroatoms. The quantitative estimate of drug-likeness (QED) is 0.246. The molecule has 0 fully saturated rings. The highest BCUT2D eigenvalue weighted by molar-refractivity contribution is 5.59. The lowest BCUT2D eigenvalue weighted by Crippen LogP contribution is -2.19. The molecule has 0 aromatic heterocycles. The number of para-hydroxylation sites is 2. The summed E-state index contributed by atoms with van der Waals surface area (Å²) in [7, 11) is 0. The van der Waals surface area contributed by atoms with Gasteiger partial charge in [-0.1, -0.05) is 98.8 Å². The molecular weight excluding hydrogens is 452 g/mol. The van der Waals surface area contributed by atoms with Crippen molar-refractivity contribution in [1.82, 2.24) is 0 Å². The van der Waals surface area contributed by atoms with Crippen molar-refractivity contribution in [2.45, 2.75) is 47.0 Å². The zero-order chi connectivity index (χ0) is 26.4. The minimum Gasteiger partial charge on any atom is -0.456 e. The lowest BCUT2D eigenvalue weighted by molar-refractivity contribution is 0.476. The Kier molecular flexibility index (Phi) is 7.98. The molecular formula is C35H36O2. The normalized spacial score (nSPS) is 11.8. The van der Waals surface area contributed by atoms with Gasteiger partial charge in [0.25, 0.3) is 0 Å². The highest BCUT2D eigenvalue weighted by Gasteiger charge is 2.25. The lowest BCUT2D eigenvalue weighted by Gasteiger charge is -2.28. The Morgan fingerprint density at radius 1 is 0.541 bits per heavy atom. The number of ether oxygens (including phenoxy) is 2. The second-order valence-corrected chi connectivity index (χ2v) is 9.87. The first-order valence-corrected chi connectivity index (χ1v) is 12.8. The summed E-state index contributed by atoms with van der Waals surface area (Å²) in [4.78, 5) is 0. The van der Waals surface area contributed by atoms with Crippen LogP contribution in [0.25, 0.3) is 12.2 Å². The zero-order valence-electron chi connectivity index (χ0n) is 22.7. The first-order valence-electron chi connectivity index (χ1n) is 12.8. The first kappa shape index (κ1) is 26.0. The van der Waals surface area contributed by atoms with E-state index in [2.05, 4.69) is 88.4 Å². The molecule has 4 rings (SSSR count). The summed E-state index contributed by atoms with van der Waals surface area (Å²) in [5.41, 5.74) is 6.66. The summed E-state index contributed by atoms with van der Waals surface area (Å²) in [6, 6.07) is 29.2. The second kappa shape index (κ2) is 11.3. The number of hydrogen-bond acceptors (Lipinski definition) is 2. The molecule has 0 atom stereocenters. The van der Waals surface area contributed by atoms with Crippen molar-refractivity contribution >= 4 is 12.2 Å². The molecule has 0 aliphatic carbocycles. The van der Waals surface area contributed by atoms with Gasteiger partial charge in [-0.15, -0.1) is 0 Å². The second-order valence-electron chi connectivity index (χ2n) is 9.87. The van der Waals surface area contributed by atoms with Gasteiger partial charge in [0.1, 0.15) is 23.0 Å².